The number of ether oxygens (including phenoxy) is 1. The molecule has 162 valence electrons. The van der Waals surface area contributed by atoms with Gasteiger partial charge in [0.15, 0.2) is 5.96 Å². The van der Waals surface area contributed by atoms with Gasteiger partial charge < -0.3 is 20.3 Å². The van der Waals surface area contributed by atoms with Gasteiger partial charge in [-0.2, -0.15) is 0 Å². The molecule has 0 amide bonds. The van der Waals surface area contributed by atoms with E-state index in [9.17, 15) is 0 Å². The van der Waals surface area contributed by atoms with Crippen LogP contribution in [0.15, 0.2) is 4.99 Å². The van der Waals surface area contributed by atoms with E-state index < -0.39 is 0 Å². The van der Waals surface area contributed by atoms with Crippen molar-refractivity contribution >= 4 is 5.96 Å². The van der Waals surface area contributed by atoms with Gasteiger partial charge in [0.1, 0.15) is 0 Å². The van der Waals surface area contributed by atoms with Crippen molar-refractivity contribution in [3.63, 3.8) is 0 Å². The fraction of sp³-hybridized carbons (Fsp3) is 0.955. The lowest BCUT2D eigenvalue weighted by Crippen LogP contribution is -2.61. The van der Waals surface area contributed by atoms with Crippen molar-refractivity contribution in [1.29, 1.82) is 0 Å². The fourth-order valence-electron chi connectivity index (χ4n) is 5.43. The Balaban J connectivity index is 1.58. The first-order chi connectivity index (χ1) is 13.6. The lowest BCUT2D eigenvalue weighted by atomic mass is 9.79. The van der Waals surface area contributed by atoms with Gasteiger partial charge in [0, 0.05) is 44.4 Å². The van der Waals surface area contributed by atoms with Crippen LogP contribution in [0.1, 0.15) is 64.2 Å². The first kappa shape index (κ1) is 21.8. The number of aliphatic imine (C=N–C) groups is 1. The molecule has 3 aliphatic rings. The molecule has 0 spiro atoms. The number of nitrogens with one attached hydrogen (secondary N) is 2. The lowest BCUT2D eigenvalue weighted by Gasteiger charge is -2.48. The molecule has 0 bridgehead atoms. The summed E-state index contributed by atoms with van der Waals surface area (Å²) in [6.07, 6.45) is 13.1. The van der Waals surface area contributed by atoms with Crippen LogP contribution < -0.4 is 10.6 Å². The molecule has 28 heavy (non-hydrogen) atoms. The zero-order valence-electron chi connectivity index (χ0n) is 18.6. The second kappa shape index (κ2) is 10.3. The van der Waals surface area contributed by atoms with Crippen LogP contribution in [-0.4, -0.2) is 87.4 Å². The molecule has 0 aromatic rings. The SMILES string of the molecule is CN=C(NCC1(N(C)C)CCOCC1)NCC1(N2CCCCC2)CCCCC1. The standard InChI is InChI=1S/C22H43N5O/c1-23-20(24-18-21(26(2)3)12-16-28-17-13-21)25-19-22(10-6-4-7-11-22)27-14-8-5-9-15-27/h4-19H2,1-3H3,(H2,23,24,25). The third-order valence-electron chi connectivity index (χ3n) is 7.58. The second-order valence-corrected chi connectivity index (χ2v) is 9.34. The van der Waals surface area contributed by atoms with E-state index in [1.807, 2.05) is 7.05 Å². The normalized spacial score (nSPS) is 26.2. The summed E-state index contributed by atoms with van der Waals surface area (Å²) >= 11 is 0. The van der Waals surface area contributed by atoms with Crippen molar-refractivity contribution in [1.82, 2.24) is 20.4 Å². The molecule has 0 radical (unpaired) electrons. The zero-order chi connectivity index (χ0) is 19.9. The number of guanidine groups is 1. The summed E-state index contributed by atoms with van der Waals surface area (Å²) in [6.45, 7) is 6.19. The zero-order valence-corrected chi connectivity index (χ0v) is 18.6. The number of rotatable bonds is 6. The number of nitrogens with zero attached hydrogens (tertiary/aromatic N) is 3. The number of likely N-dealkylation sites (tertiary alicyclic amines) is 1. The molecule has 0 aromatic heterocycles. The van der Waals surface area contributed by atoms with E-state index in [4.69, 9.17) is 4.74 Å². The number of piperidine rings is 1. The molecular formula is C22H43N5O. The van der Waals surface area contributed by atoms with Gasteiger partial charge in [0.2, 0.25) is 0 Å². The largest absolute Gasteiger partial charge is 0.381 e. The molecule has 3 rings (SSSR count). The van der Waals surface area contributed by atoms with Crippen LogP contribution in [0.25, 0.3) is 0 Å². The van der Waals surface area contributed by atoms with Crippen molar-refractivity contribution in [3.05, 3.63) is 0 Å². The topological polar surface area (TPSA) is 52.1 Å². The molecule has 2 heterocycles. The average molecular weight is 394 g/mol. The van der Waals surface area contributed by atoms with Crippen LogP contribution >= 0.6 is 0 Å². The Bertz CT molecular complexity index is 489. The van der Waals surface area contributed by atoms with Gasteiger partial charge in [-0.3, -0.25) is 9.89 Å². The molecule has 6 heteroatoms. The highest BCUT2D eigenvalue weighted by molar-refractivity contribution is 5.79. The monoisotopic (exact) mass is 393 g/mol. The van der Waals surface area contributed by atoms with Gasteiger partial charge in [-0.1, -0.05) is 25.7 Å². The maximum atomic E-state index is 5.61. The first-order valence-corrected chi connectivity index (χ1v) is 11.6. The van der Waals surface area contributed by atoms with E-state index in [2.05, 4.69) is 39.5 Å². The minimum absolute atomic E-state index is 0.158. The number of hydrogen-bond acceptors (Lipinski definition) is 4. The van der Waals surface area contributed by atoms with E-state index in [-0.39, 0.29) is 5.54 Å². The minimum Gasteiger partial charge on any atom is -0.381 e. The number of likely N-dealkylation sites (N-methyl/N-ethyl adjacent to an activating group) is 1. The molecule has 0 unspecified atom stereocenters. The molecule has 2 saturated heterocycles. The van der Waals surface area contributed by atoms with Gasteiger partial charge in [-0.05, 0) is 65.7 Å². The molecule has 2 aliphatic heterocycles. The Hall–Kier alpha value is -0.850. The molecule has 6 nitrogen and oxygen atoms in total. The van der Waals surface area contributed by atoms with Crippen LogP contribution in [0.5, 0.6) is 0 Å². The van der Waals surface area contributed by atoms with Gasteiger partial charge in [-0.25, -0.2) is 0 Å². The molecule has 0 atom stereocenters. The van der Waals surface area contributed by atoms with Crippen molar-refractivity contribution in [2.45, 2.75) is 75.3 Å². The Morgan fingerprint density at radius 1 is 0.893 bits per heavy atom. The maximum Gasteiger partial charge on any atom is 0.191 e. The Morgan fingerprint density at radius 2 is 1.50 bits per heavy atom. The van der Waals surface area contributed by atoms with Crippen molar-refractivity contribution in [3.8, 4) is 0 Å². The van der Waals surface area contributed by atoms with Crippen LogP contribution in [0.4, 0.5) is 0 Å². The lowest BCUT2D eigenvalue weighted by molar-refractivity contribution is -0.00510. The van der Waals surface area contributed by atoms with E-state index in [1.54, 1.807) is 0 Å². The highest BCUT2D eigenvalue weighted by Gasteiger charge is 2.39. The summed E-state index contributed by atoms with van der Waals surface area (Å²) < 4.78 is 5.61. The van der Waals surface area contributed by atoms with E-state index in [0.717, 1.165) is 45.1 Å². The smallest absolute Gasteiger partial charge is 0.191 e. The van der Waals surface area contributed by atoms with Crippen LogP contribution in [0, 0.1) is 0 Å². The van der Waals surface area contributed by atoms with Gasteiger partial charge in [0.05, 0.1) is 0 Å². The van der Waals surface area contributed by atoms with Crippen LogP contribution in [0.2, 0.25) is 0 Å². The Morgan fingerprint density at radius 3 is 2.11 bits per heavy atom. The summed E-state index contributed by atoms with van der Waals surface area (Å²) in [4.78, 5) is 9.72. The summed E-state index contributed by atoms with van der Waals surface area (Å²) in [5.74, 6) is 0.953. The highest BCUT2D eigenvalue weighted by atomic mass is 16.5. The summed E-state index contributed by atoms with van der Waals surface area (Å²) in [6, 6.07) is 0. The molecule has 1 saturated carbocycles. The van der Waals surface area contributed by atoms with Crippen molar-refractivity contribution < 1.29 is 4.74 Å². The Labute approximate surface area is 172 Å². The molecule has 3 fully saturated rings. The van der Waals surface area contributed by atoms with E-state index in [1.165, 1.54) is 64.5 Å². The number of hydrogen-bond donors (Lipinski definition) is 2. The molecular weight excluding hydrogens is 350 g/mol. The van der Waals surface area contributed by atoms with E-state index >= 15 is 0 Å². The predicted molar refractivity (Wildman–Crippen MR) is 117 cm³/mol. The van der Waals surface area contributed by atoms with Crippen LogP contribution in [0.3, 0.4) is 0 Å². The van der Waals surface area contributed by atoms with Gasteiger partial charge in [-0.15, -0.1) is 0 Å². The quantitative estimate of drug-likeness (QED) is 0.536. The highest BCUT2D eigenvalue weighted by Crippen LogP contribution is 2.35. The predicted octanol–water partition coefficient (Wildman–Crippen LogP) is 2.45. The molecule has 2 N–H and O–H groups in total. The van der Waals surface area contributed by atoms with Gasteiger partial charge in [0.25, 0.3) is 0 Å². The van der Waals surface area contributed by atoms with Crippen LogP contribution in [-0.2, 0) is 4.74 Å². The maximum absolute atomic E-state index is 5.61. The third-order valence-corrected chi connectivity index (χ3v) is 7.58. The third kappa shape index (κ3) is 5.19. The Kier molecular flexibility index (Phi) is 8.01. The fourth-order valence-corrected chi connectivity index (χ4v) is 5.43. The van der Waals surface area contributed by atoms with Crippen molar-refractivity contribution in [2.24, 2.45) is 4.99 Å². The summed E-state index contributed by atoms with van der Waals surface area (Å²) in [7, 11) is 6.28. The molecule has 0 aromatic carbocycles. The minimum atomic E-state index is 0.158. The average Bonchev–Trinajstić information content (AvgIpc) is 2.75. The summed E-state index contributed by atoms with van der Waals surface area (Å²) in [5.41, 5.74) is 0.486. The van der Waals surface area contributed by atoms with Crippen molar-refractivity contribution in [2.75, 3.05) is 60.5 Å². The van der Waals surface area contributed by atoms with Gasteiger partial charge >= 0.3 is 0 Å². The summed E-state index contributed by atoms with van der Waals surface area (Å²) in [5, 5.41) is 7.36. The first-order valence-electron chi connectivity index (χ1n) is 11.6. The second-order valence-electron chi connectivity index (χ2n) is 9.34. The molecule has 1 aliphatic carbocycles. The van der Waals surface area contributed by atoms with E-state index in [0.29, 0.717) is 5.54 Å².